The number of carbonyl (C=O) groups is 1. The van der Waals surface area contributed by atoms with E-state index < -0.39 is 12.1 Å². The zero-order valence-electron chi connectivity index (χ0n) is 9.38. The van der Waals surface area contributed by atoms with Gasteiger partial charge in [-0.2, -0.15) is 0 Å². The van der Waals surface area contributed by atoms with Crippen molar-refractivity contribution in [3.05, 3.63) is 29.8 Å². The third-order valence-electron chi connectivity index (χ3n) is 2.54. The van der Waals surface area contributed by atoms with Crippen LogP contribution in [-0.2, 0) is 16.1 Å². The molecule has 5 nitrogen and oxygen atoms in total. The highest BCUT2D eigenvalue weighted by molar-refractivity contribution is 5.91. The first-order chi connectivity index (χ1) is 8.19. The summed E-state index contributed by atoms with van der Waals surface area (Å²) in [4.78, 5) is 15.3. The van der Waals surface area contributed by atoms with Crippen LogP contribution < -0.4 is 9.84 Å². The summed E-state index contributed by atoms with van der Waals surface area (Å²) in [5.74, 6) is -0.465. The number of carboxylic acids is 1. The van der Waals surface area contributed by atoms with E-state index in [0.717, 1.165) is 11.3 Å². The monoisotopic (exact) mass is 234 g/mol. The van der Waals surface area contributed by atoms with Crippen molar-refractivity contribution in [2.24, 2.45) is 5.16 Å². The number of hydrogen-bond donors (Lipinski definition) is 0. The van der Waals surface area contributed by atoms with Gasteiger partial charge in [-0.1, -0.05) is 17.3 Å². The summed E-state index contributed by atoms with van der Waals surface area (Å²) in [6, 6.07) is 7.54. The van der Waals surface area contributed by atoms with Gasteiger partial charge in [-0.05, 0) is 17.7 Å². The Kier molecular flexibility index (Phi) is 3.27. The maximum Gasteiger partial charge on any atom is 0.172 e. The van der Waals surface area contributed by atoms with Crippen molar-refractivity contribution in [3.8, 4) is 5.75 Å². The average Bonchev–Trinajstić information content (AvgIpc) is 2.78. The van der Waals surface area contributed by atoms with Crippen LogP contribution in [0.25, 0.3) is 0 Å². The Bertz CT molecular complexity index is 456. The molecule has 0 spiro atoms. The highest BCUT2D eigenvalue weighted by atomic mass is 16.7. The number of carboxylic acid groups (broad SMARTS) is 1. The van der Waals surface area contributed by atoms with Crippen molar-refractivity contribution < 1.29 is 19.5 Å². The Hall–Kier alpha value is -2.04. The van der Waals surface area contributed by atoms with Gasteiger partial charge in [-0.3, -0.25) is 0 Å². The van der Waals surface area contributed by atoms with Crippen molar-refractivity contribution in [1.82, 2.24) is 0 Å². The maximum atomic E-state index is 10.6. The standard InChI is InChI=1S/C12H13NO4/c1-16-10-4-2-3-8(6-10)5-9-7-11(12(14)15)17-13-9/h2-4,6,11H,5,7H2,1H3,(H,14,15)/p-1/t11-/m1/s1. The number of benzene rings is 1. The smallest absolute Gasteiger partial charge is 0.172 e. The Morgan fingerprint density at radius 2 is 2.47 bits per heavy atom. The molecule has 0 amide bonds. The number of aliphatic carboxylic acids is 1. The van der Waals surface area contributed by atoms with Crippen molar-refractivity contribution in [1.29, 1.82) is 0 Å². The molecular formula is C12H12NO4-. The van der Waals surface area contributed by atoms with E-state index in [0.29, 0.717) is 12.1 Å². The Labute approximate surface area is 98.6 Å². The molecule has 17 heavy (non-hydrogen) atoms. The highest BCUT2D eigenvalue weighted by Crippen LogP contribution is 2.17. The summed E-state index contributed by atoms with van der Waals surface area (Å²) in [7, 11) is 1.60. The lowest BCUT2D eigenvalue weighted by atomic mass is 10.0. The third-order valence-corrected chi connectivity index (χ3v) is 2.54. The second kappa shape index (κ2) is 4.86. The lowest BCUT2D eigenvalue weighted by Gasteiger charge is -2.07. The van der Waals surface area contributed by atoms with Gasteiger partial charge in [0.2, 0.25) is 0 Å². The van der Waals surface area contributed by atoms with Gasteiger partial charge in [0.25, 0.3) is 0 Å². The molecule has 1 heterocycles. The summed E-state index contributed by atoms with van der Waals surface area (Å²) >= 11 is 0. The average molecular weight is 234 g/mol. The van der Waals surface area contributed by atoms with Crippen LogP contribution in [0.5, 0.6) is 5.75 Å². The lowest BCUT2D eigenvalue weighted by Crippen LogP contribution is -2.35. The summed E-state index contributed by atoms with van der Waals surface area (Å²) < 4.78 is 5.10. The van der Waals surface area contributed by atoms with Crippen LogP contribution in [0, 0.1) is 0 Å². The molecule has 5 heteroatoms. The summed E-state index contributed by atoms with van der Waals surface area (Å²) in [6.45, 7) is 0. The largest absolute Gasteiger partial charge is 0.546 e. The van der Waals surface area contributed by atoms with Crippen molar-refractivity contribution in [3.63, 3.8) is 0 Å². The second-order valence-electron chi connectivity index (χ2n) is 3.80. The van der Waals surface area contributed by atoms with E-state index in [1.165, 1.54) is 0 Å². The van der Waals surface area contributed by atoms with Crippen LogP contribution in [0.1, 0.15) is 12.0 Å². The molecule has 90 valence electrons. The molecule has 0 aromatic heterocycles. The van der Waals surface area contributed by atoms with Crippen LogP contribution in [0.3, 0.4) is 0 Å². The van der Waals surface area contributed by atoms with E-state index >= 15 is 0 Å². The Morgan fingerprint density at radius 1 is 1.65 bits per heavy atom. The van der Waals surface area contributed by atoms with Crippen molar-refractivity contribution in [2.75, 3.05) is 7.11 Å². The minimum absolute atomic E-state index is 0.277. The van der Waals surface area contributed by atoms with Gasteiger partial charge in [0.15, 0.2) is 6.10 Å². The minimum Gasteiger partial charge on any atom is -0.546 e. The van der Waals surface area contributed by atoms with Crippen LogP contribution >= 0.6 is 0 Å². The second-order valence-corrected chi connectivity index (χ2v) is 3.80. The molecule has 1 aromatic carbocycles. The first-order valence-corrected chi connectivity index (χ1v) is 5.24. The zero-order valence-corrected chi connectivity index (χ0v) is 9.38. The maximum absolute atomic E-state index is 10.6. The molecule has 1 aromatic rings. The fourth-order valence-corrected chi connectivity index (χ4v) is 1.68. The fraction of sp³-hybridized carbons (Fsp3) is 0.333. The van der Waals surface area contributed by atoms with Crippen molar-refractivity contribution >= 4 is 11.7 Å². The topological polar surface area (TPSA) is 71.0 Å². The first kappa shape index (κ1) is 11.4. The van der Waals surface area contributed by atoms with E-state index in [4.69, 9.17) is 9.57 Å². The van der Waals surface area contributed by atoms with E-state index in [2.05, 4.69) is 5.16 Å². The van der Waals surface area contributed by atoms with E-state index in [9.17, 15) is 9.90 Å². The molecule has 0 N–H and O–H groups in total. The van der Waals surface area contributed by atoms with E-state index in [-0.39, 0.29) is 6.42 Å². The molecule has 1 aliphatic heterocycles. The van der Waals surface area contributed by atoms with Crippen molar-refractivity contribution in [2.45, 2.75) is 18.9 Å². The molecule has 0 saturated heterocycles. The van der Waals surface area contributed by atoms with Gasteiger partial charge in [-0.15, -0.1) is 0 Å². The predicted octanol–water partition coefficient (Wildman–Crippen LogP) is 0.132. The number of hydrogen-bond acceptors (Lipinski definition) is 5. The minimum atomic E-state index is -1.23. The third kappa shape index (κ3) is 2.75. The molecular weight excluding hydrogens is 222 g/mol. The lowest BCUT2D eigenvalue weighted by molar-refractivity contribution is -0.315. The molecule has 0 fully saturated rings. The molecule has 0 unspecified atom stereocenters. The number of carbonyl (C=O) groups excluding carboxylic acids is 1. The summed E-state index contributed by atoms with van der Waals surface area (Å²) in [5, 5.41) is 14.3. The van der Waals surface area contributed by atoms with Gasteiger partial charge in [0.05, 0.1) is 18.8 Å². The summed E-state index contributed by atoms with van der Waals surface area (Å²) in [5.41, 5.74) is 1.71. The van der Waals surface area contributed by atoms with Crippen LogP contribution in [0.4, 0.5) is 0 Å². The Morgan fingerprint density at radius 3 is 3.12 bits per heavy atom. The quantitative estimate of drug-likeness (QED) is 0.742. The first-order valence-electron chi connectivity index (χ1n) is 5.24. The normalized spacial score (nSPS) is 18.4. The highest BCUT2D eigenvalue weighted by Gasteiger charge is 2.21. The molecule has 2 rings (SSSR count). The number of rotatable bonds is 4. The molecule has 0 radical (unpaired) electrons. The van der Waals surface area contributed by atoms with Crippen LogP contribution in [0.2, 0.25) is 0 Å². The van der Waals surface area contributed by atoms with E-state index in [1.54, 1.807) is 7.11 Å². The van der Waals surface area contributed by atoms with E-state index in [1.807, 2.05) is 24.3 Å². The van der Waals surface area contributed by atoms with Crippen LogP contribution in [-0.4, -0.2) is 24.9 Å². The van der Waals surface area contributed by atoms with Crippen LogP contribution in [0.15, 0.2) is 29.4 Å². The molecule has 1 aliphatic rings. The van der Waals surface area contributed by atoms with Gasteiger partial charge in [0, 0.05) is 12.8 Å². The number of methoxy groups -OCH3 is 1. The molecule has 0 aliphatic carbocycles. The van der Waals surface area contributed by atoms with Gasteiger partial charge >= 0.3 is 0 Å². The predicted molar refractivity (Wildman–Crippen MR) is 58.6 cm³/mol. The molecule has 0 saturated carbocycles. The molecule has 1 atom stereocenters. The van der Waals surface area contributed by atoms with Gasteiger partial charge in [0.1, 0.15) is 5.75 Å². The zero-order chi connectivity index (χ0) is 12.3. The summed E-state index contributed by atoms with van der Waals surface area (Å²) in [6.07, 6.45) is -0.115. The number of oxime groups is 1. The number of nitrogens with zero attached hydrogens (tertiary/aromatic N) is 1. The fourth-order valence-electron chi connectivity index (χ4n) is 1.68. The SMILES string of the molecule is COc1cccc(CC2=NO[C@@H](C(=O)[O-])C2)c1. The van der Waals surface area contributed by atoms with Gasteiger partial charge < -0.3 is 19.5 Å². The van der Waals surface area contributed by atoms with Gasteiger partial charge in [-0.25, -0.2) is 0 Å². The molecule has 0 bridgehead atoms. The Balaban J connectivity index is 2.00. The number of ether oxygens (including phenoxy) is 1.